The molecule has 0 atom stereocenters. The van der Waals surface area contributed by atoms with Crippen molar-refractivity contribution >= 4 is 38.6 Å². The molecule has 0 radical (unpaired) electrons. The molecule has 1 aromatic heterocycles. The minimum atomic E-state index is 1.12. The molecule has 0 unspecified atom stereocenters. The van der Waals surface area contributed by atoms with Crippen molar-refractivity contribution in [3.05, 3.63) is 121 Å². The third-order valence-electron chi connectivity index (χ3n) is 7.33. The molecule has 0 aliphatic carbocycles. The highest BCUT2D eigenvalue weighted by atomic mass is 15.2. The Hall–Kier alpha value is -4.43. The van der Waals surface area contributed by atoms with Crippen molar-refractivity contribution in [3.8, 4) is 22.3 Å². The topological polar surface area (TPSA) is 16.1 Å². The van der Waals surface area contributed by atoms with Crippen molar-refractivity contribution in [2.75, 3.05) is 4.90 Å². The number of fused-ring (bicyclic) bond motifs is 3. The summed E-state index contributed by atoms with van der Waals surface area (Å²) in [7, 11) is 0. The van der Waals surface area contributed by atoms with Crippen LogP contribution in [0.25, 0.3) is 43.8 Å². The van der Waals surface area contributed by atoms with Gasteiger partial charge in [0.25, 0.3) is 0 Å². The molecule has 0 saturated carbocycles. The molecule has 1 aliphatic heterocycles. The summed E-state index contributed by atoms with van der Waals surface area (Å²) in [6, 6.07) is 35.1. The molecular weight excluding hydrogens is 424 g/mol. The van der Waals surface area contributed by atoms with Crippen LogP contribution in [0, 0.1) is 13.8 Å². The Bertz CT molecular complexity index is 1780. The number of anilines is 3. The van der Waals surface area contributed by atoms with Gasteiger partial charge in [-0.15, -0.1) is 0 Å². The maximum Gasteiger partial charge on any atom is 0.0724 e. The molecule has 6 aromatic rings. The molecule has 166 valence electrons. The first-order chi connectivity index (χ1) is 17.2. The number of nitrogens with zero attached hydrogens (tertiary/aromatic N) is 2. The van der Waals surface area contributed by atoms with Crippen LogP contribution in [0.3, 0.4) is 0 Å². The van der Waals surface area contributed by atoms with Crippen LogP contribution < -0.4 is 4.90 Å². The van der Waals surface area contributed by atoms with E-state index in [1.165, 1.54) is 66.3 Å². The third-order valence-corrected chi connectivity index (χ3v) is 7.33. The molecule has 5 aromatic carbocycles. The highest BCUT2D eigenvalue weighted by Gasteiger charge is 2.28. The Morgan fingerprint density at radius 3 is 2.23 bits per heavy atom. The van der Waals surface area contributed by atoms with E-state index in [1.54, 1.807) is 0 Å². The third kappa shape index (κ3) is 2.87. The smallest absolute Gasteiger partial charge is 0.0724 e. The Balaban J connectivity index is 1.63. The number of aromatic nitrogens is 1. The molecule has 0 fully saturated rings. The van der Waals surface area contributed by atoms with Gasteiger partial charge < -0.3 is 4.90 Å². The summed E-state index contributed by atoms with van der Waals surface area (Å²) in [5, 5.41) is 5.05. The van der Waals surface area contributed by atoms with Gasteiger partial charge in [0.05, 0.1) is 23.3 Å². The molecule has 2 nitrogen and oxygen atoms in total. The zero-order valence-corrected chi connectivity index (χ0v) is 19.8. The number of hydrogen-bond acceptors (Lipinski definition) is 2. The van der Waals surface area contributed by atoms with Gasteiger partial charge in [-0.2, -0.15) is 0 Å². The fourth-order valence-electron chi connectivity index (χ4n) is 5.80. The van der Waals surface area contributed by atoms with Gasteiger partial charge in [0.1, 0.15) is 0 Å². The van der Waals surface area contributed by atoms with Crippen molar-refractivity contribution in [2.45, 2.75) is 13.8 Å². The fraction of sp³-hybridized carbons (Fsp3) is 0.0606. The number of aryl methyl sites for hydroxylation is 2. The van der Waals surface area contributed by atoms with Crippen molar-refractivity contribution in [3.63, 3.8) is 0 Å². The van der Waals surface area contributed by atoms with E-state index < -0.39 is 0 Å². The van der Waals surface area contributed by atoms with Gasteiger partial charge in [-0.3, -0.25) is 4.98 Å². The van der Waals surface area contributed by atoms with Gasteiger partial charge in [-0.25, -0.2) is 0 Å². The Kier molecular flexibility index (Phi) is 4.31. The molecule has 2 heteroatoms. The standard InChI is InChI=1S/C33H24N2/c1-21-9-3-5-12-24(21)32-22(2)19-28-26-17-18-34-20-31(26)35(30-16-8-14-27(32)33(28)30)29-15-7-11-23-10-4-6-13-25(23)29/h3-20H,1-2H3. The van der Waals surface area contributed by atoms with Gasteiger partial charge in [-0.1, -0.05) is 78.9 Å². The van der Waals surface area contributed by atoms with Crippen LogP contribution in [0.1, 0.15) is 11.1 Å². The van der Waals surface area contributed by atoms with Gasteiger partial charge in [0.2, 0.25) is 0 Å². The van der Waals surface area contributed by atoms with Crippen LogP contribution in [0.4, 0.5) is 17.1 Å². The summed E-state index contributed by atoms with van der Waals surface area (Å²) in [6.45, 7) is 4.44. The summed E-state index contributed by atoms with van der Waals surface area (Å²) in [4.78, 5) is 6.95. The second kappa shape index (κ2) is 7.54. The van der Waals surface area contributed by atoms with E-state index in [0.717, 1.165) is 5.69 Å². The second-order valence-corrected chi connectivity index (χ2v) is 9.36. The van der Waals surface area contributed by atoms with E-state index >= 15 is 0 Å². The van der Waals surface area contributed by atoms with Crippen LogP contribution in [0.15, 0.2) is 109 Å². The number of benzene rings is 5. The lowest BCUT2D eigenvalue weighted by Crippen LogP contribution is -2.16. The lowest BCUT2D eigenvalue weighted by Gasteiger charge is -2.34. The predicted molar refractivity (Wildman–Crippen MR) is 148 cm³/mol. The summed E-state index contributed by atoms with van der Waals surface area (Å²) in [6.07, 6.45) is 3.91. The van der Waals surface area contributed by atoms with E-state index in [0.29, 0.717) is 0 Å². The minimum Gasteiger partial charge on any atom is -0.307 e. The number of hydrogen-bond donors (Lipinski definition) is 0. The van der Waals surface area contributed by atoms with Gasteiger partial charge in [-0.05, 0) is 70.6 Å². The number of rotatable bonds is 2. The van der Waals surface area contributed by atoms with E-state index in [-0.39, 0.29) is 0 Å². The highest BCUT2D eigenvalue weighted by molar-refractivity contribution is 6.19. The number of pyridine rings is 1. The van der Waals surface area contributed by atoms with Crippen molar-refractivity contribution in [1.29, 1.82) is 0 Å². The van der Waals surface area contributed by atoms with E-state index in [9.17, 15) is 0 Å². The summed E-state index contributed by atoms with van der Waals surface area (Å²) >= 11 is 0. The monoisotopic (exact) mass is 448 g/mol. The molecule has 2 heterocycles. The van der Waals surface area contributed by atoms with Crippen molar-refractivity contribution in [2.24, 2.45) is 0 Å². The van der Waals surface area contributed by atoms with Crippen LogP contribution in [-0.2, 0) is 0 Å². The average molecular weight is 449 g/mol. The summed E-state index contributed by atoms with van der Waals surface area (Å²) in [5.41, 5.74) is 11.2. The molecule has 0 spiro atoms. The zero-order valence-electron chi connectivity index (χ0n) is 19.8. The Morgan fingerprint density at radius 1 is 0.571 bits per heavy atom. The molecular formula is C33H24N2. The maximum atomic E-state index is 4.55. The molecule has 0 amide bonds. The van der Waals surface area contributed by atoms with Crippen molar-refractivity contribution in [1.82, 2.24) is 4.98 Å². The lowest BCUT2D eigenvalue weighted by atomic mass is 9.84. The van der Waals surface area contributed by atoms with Crippen LogP contribution in [0.2, 0.25) is 0 Å². The summed E-state index contributed by atoms with van der Waals surface area (Å²) < 4.78 is 0. The Labute approximate surface area is 205 Å². The van der Waals surface area contributed by atoms with Gasteiger partial charge in [0, 0.05) is 22.5 Å². The van der Waals surface area contributed by atoms with Crippen molar-refractivity contribution < 1.29 is 0 Å². The first-order valence-corrected chi connectivity index (χ1v) is 12.1. The van der Waals surface area contributed by atoms with Gasteiger partial charge >= 0.3 is 0 Å². The van der Waals surface area contributed by atoms with Crippen LogP contribution in [-0.4, -0.2) is 4.98 Å². The van der Waals surface area contributed by atoms with Gasteiger partial charge in [0.15, 0.2) is 0 Å². The molecule has 0 N–H and O–H groups in total. The molecule has 1 aliphatic rings. The van der Waals surface area contributed by atoms with Crippen LogP contribution >= 0.6 is 0 Å². The average Bonchev–Trinajstić information content (AvgIpc) is 2.90. The largest absolute Gasteiger partial charge is 0.307 e. The van der Waals surface area contributed by atoms with E-state index in [4.69, 9.17) is 0 Å². The normalized spacial score (nSPS) is 12.2. The molecule has 0 saturated heterocycles. The Morgan fingerprint density at radius 2 is 1.31 bits per heavy atom. The second-order valence-electron chi connectivity index (χ2n) is 9.36. The fourth-order valence-corrected chi connectivity index (χ4v) is 5.80. The van der Waals surface area contributed by atoms with Crippen LogP contribution in [0.5, 0.6) is 0 Å². The van der Waals surface area contributed by atoms with E-state index in [2.05, 4.69) is 121 Å². The minimum absolute atomic E-state index is 1.12. The molecule has 0 bridgehead atoms. The first-order valence-electron chi connectivity index (χ1n) is 12.1. The molecule has 35 heavy (non-hydrogen) atoms. The zero-order chi connectivity index (χ0) is 23.5. The summed E-state index contributed by atoms with van der Waals surface area (Å²) in [5.74, 6) is 0. The SMILES string of the molecule is Cc1ccccc1-c1c(C)cc2c3c(cccc13)N(c1cccc3ccccc13)c1cnccc1-2. The quantitative estimate of drug-likeness (QED) is 0.262. The molecule has 7 rings (SSSR count). The highest BCUT2D eigenvalue weighted by Crippen LogP contribution is 2.53. The predicted octanol–water partition coefficient (Wildman–Crippen LogP) is 9.12. The maximum absolute atomic E-state index is 4.55. The first kappa shape index (κ1) is 20.0. The lowest BCUT2D eigenvalue weighted by molar-refractivity contribution is 1.23. The van der Waals surface area contributed by atoms with E-state index in [1.807, 2.05) is 12.4 Å².